The van der Waals surface area contributed by atoms with Crippen molar-refractivity contribution in [3.05, 3.63) is 51.9 Å². The van der Waals surface area contributed by atoms with E-state index in [9.17, 15) is 4.79 Å². The third kappa shape index (κ3) is 5.75. The van der Waals surface area contributed by atoms with Gasteiger partial charge in [0.1, 0.15) is 6.07 Å². The van der Waals surface area contributed by atoms with E-state index >= 15 is 0 Å². The maximum Gasteiger partial charge on any atom is 0.269 e. The lowest BCUT2D eigenvalue weighted by Gasteiger charge is -2.26. The molecule has 0 atom stereocenters. The molecule has 1 aliphatic rings. The summed E-state index contributed by atoms with van der Waals surface area (Å²) in [5.41, 5.74) is 4.71. The van der Waals surface area contributed by atoms with Gasteiger partial charge in [0.15, 0.2) is 5.82 Å². The number of likely N-dealkylation sites (tertiary alicyclic amines) is 1. The van der Waals surface area contributed by atoms with Crippen molar-refractivity contribution in [1.82, 2.24) is 20.3 Å². The largest absolute Gasteiger partial charge is 0.299 e. The number of amides is 1. The predicted molar refractivity (Wildman–Crippen MR) is 115 cm³/mol. The lowest BCUT2D eigenvalue weighted by molar-refractivity contribution is 0.0947. The number of aromatic nitrogens is 2. The highest BCUT2D eigenvalue weighted by molar-refractivity contribution is 9.10. The molecule has 0 spiro atoms. The second-order valence-corrected chi connectivity index (χ2v) is 8.46. The number of hydrazine groups is 1. The molecule has 0 aliphatic carbocycles. The number of halogens is 1. The molecule has 0 radical (unpaired) electrons. The van der Waals surface area contributed by atoms with Crippen molar-refractivity contribution in [3.63, 3.8) is 0 Å². The Kier molecular flexibility index (Phi) is 7.18. The molecule has 1 aromatic heterocycles. The molecule has 0 saturated carbocycles. The van der Waals surface area contributed by atoms with Gasteiger partial charge < -0.3 is 0 Å². The van der Waals surface area contributed by atoms with Crippen LogP contribution in [0.15, 0.2) is 34.9 Å². The van der Waals surface area contributed by atoms with E-state index in [-0.39, 0.29) is 17.6 Å². The van der Waals surface area contributed by atoms with Gasteiger partial charge in [0.2, 0.25) is 5.82 Å². The summed E-state index contributed by atoms with van der Waals surface area (Å²) in [5, 5.41) is 10.8. The second-order valence-electron chi connectivity index (χ2n) is 7.60. The minimum absolute atomic E-state index is 0.0532. The normalized spacial score (nSPS) is 14.0. The maximum absolute atomic E-state index is 12.8. The van der Waals surface area contributed by atoms with E-state index in [0.29, 0.717) is 22.4 Å². The zero-order valence-electron chi connectivity index (χ0n) is 16.7. The van der Waals surface area contributed by atoms with Crippen molar-refractivity contribution in [1.29, 1.82) is 5.26 Å². The highest BCUT2D eigenvalue weighted by atomic mass is 79.9. The molecular weight excluding hydrogens is 432 g/mol. The number of hydrogen-bond donors (Lipinski definition) is 1. The first kappa shape index (κ1) is 21.2. The Hall–Kier alpha value is -2.50. The van der Waals surface area contributed by atoms with Gasteiger partial charge in [0.25, 0.3) is 5.91 Å². The van der Waals surface area contributed by atoms with Gasteiger partial charge in [-0.3, -0.25) is 20.1 Å². The van der Waals surface area contributed by atoms with Crippen molar-refractivity contribution in [2.45, 2.75) is 33.2 Å². The summed E-state index contributed by atoms with van der Waals surface area (Å²) in [5.74, 6) is 0.564. The first-order valence-electron chi connectivity index (χ1n) is 9.78. The van der Waals surface area contributed by atoms with Crippen LogP contribution in [0, 0.1) is 17.2 Å². The first-order chi connectivity index (χ1) is 14.0. The molecule has 1 saturated heterocycles. The SMILES string of the molecule is CC(C)CN(NC(=O)c1ccc(CN2CCCC2)cc1)c1nc(C#N)ncc1Br. The lowest BCUT2D eigenvalue weighted by Crippen LogP contribution is -2.45. The second kappa shape index (κ2) is 9.81. The number of nitrogens with zero attached hydrogens (tertiary/aromatic N) is 5. The van der Waals surface area contributed by atoms with Gasteiger partial charge in [-0.25, -0.2) is 4.98 Å². The van der Waals surface area contributed by atoms with E-state index in [1.165, 1.54) is 24.6 Å². The fourth-order valence-corrected chi connectivity index (χ4v) is 3.70. The standard InChI is InChI=1S/C21H25BrN6O/c1-15(2)13-28(20-18(22)12-24-19(11-23)25-20)26-21(29)17-7-5-16(6-8-17)14-27-9-3-4-10-27/h5-8,12,15H,3-4,9-10,13-14H2,1-2H3,(H,26,29). The van der Waals surface area contributed by atoms with E-state index in [1.807, 2.05) is 44.2 Å². The van der Waals surface area contributed by atoms with Crippen LogP contribution < -0.4 is 10.4 Å². The average Bonchev–Trinajstić information content (AvgIpc) is 3.21. The van der Waals surface area contributed by atoms with E-state index < -0.39 is 0 Å². The quantitative estimate of drug-likeness (QED) is 0.641. The Labute approximate surface area is 179 Å². The molecule has 1 N–H and O–H groups in total. The van der Waals surface area contributed by atoms with Crippen LogP contribution in [0.2, 0.25) is 0 Å². The number of carbonyl (C=O) groups excluding carboxylic acids is 1. The fraction of sp³-hybridized carbons (Fsp3) is 0.429. The zero-order chi connectivity index (χ0) is 20.8. The minimum Gasteiger partial charge on any atom is -0.299 e. The van der Waals surface area contributed by atoms with Crippen LogP contribution in [-0.4, -0.2) is 40.4 Å². The zero-order valence-corrected chi connectivity index (χ0v) is 18.3. The minimum atomic E-state index is -0.220. The number of nitrogens with one attached hydrogen (secondary N) is 1. The van der Waals surface area contributed by atoms with Crippen LogP contribution in [0.25, 0.3) is 0 Å². The molecule has 2 aromatic rings. The number of rotatable bonds is 7. The number of hydrogen-bond acceptors (Lipinski definition) is 6. The molecule has 0 unspecified atom stereocenters. The number of benzene rings is 1. The first-order valence-corrected chi connectivity index (χ1v) is 10.6. The summed E-state index contributed by atoms with van der Waals surface area (Å²) >= 11 is 3.42. The van der Waals surface area contributed by atoms with Crippen molar-refractivity contribution in [2.24, 2.45) is 5.92 Å². The summed E-state index contributed by atoms with van der Waals surface area (Å²) in [7, 11) is 0. The molecule has 8 heteroatoms. The monoisotopic (exact) mass is 456 g/mol. The Morgan fingerprint density at radius 2 is 2.00 bits per heavy atom. The molecular formula is C21H25BrN6O. The average molecular weight is 457 g/mol. The predicted octanol–water partition coefficient (Wildman–Crippen LogP) is 3.51. The van der Waals surface area contributed by atoms with Crippen molar-refractivity contribution in [3.8, 4) is 6.07 Å². The van der Waals surface area contributed by atoms with Crippen LogP contribution >= 0.6 is 15.9 Å². The highest BCUT2D eigenvalue weighted by Crippen LogP contribution is 2.23. The number of nitriles is 1. The number of anilines is 1. The van der Waals surface area contributed by atoms with Crippen molar-refractivity contribution >= 4 is 27.7 Å². The number of carbonyl (C=O) groups is 1. The van der Waals surface area contributed by atoms with Gasteiger partial charge in [-0.2, -0.15) is 10.2 Å². The van der Waals surface area contributed by atoms with Crippen molar-refractivity contribution in [2.75, 3.05) is 24.6 Å². The topological polar surface area (TPSA) is 85.2 Å². The van der Waals surface area contributed by atoms with Crippen LogP contribution in [0.4, 0.5) is 5.82 Å². The van der Waals surface area contributed by atoms with Gasteiger partial charge in [0.05, 0.1) is 4.47 Å². The summed E-state index contributed by atoms with van der Waals surface area (Å²) in [6.45, 7) is 7.85. The molecule has 7 nitrogen and oxygen atoms in total. The van der Waals surface area contributed by atoms with E-state index in [1.54, 1.807) is 5.01 Å². The Morgan fingerprint density at radius 3 is 2.62 bits per heavy atom. The van der Waals surface area contributed by atoms with Gasteiger partial charge in [-0.15, -0.1) is 0 Å². The van der Waals surface area contributed by atoms with Gasteiger partial charge >= 0.3 is 0 Å². The van der Waals surface area contributed by atoms with E-state index in [4.69, 9.17) is 5.26 Å². The van der Waals surface area contributed by atoms with Crippen LogP contribution in [0.3, 0.4) is 0 Å². The molecule has 29 heavy (non-hydrogen) atoms. The molecule has 1 aliphatic heterocycles. The molecule has 2 heterocycles. The van der Waals surface area contributed by atoms with Gasteiger partial charge in [-0.1, -0.05) is 26.0 Å². The third-order valence-corrected chi connectivity index (χ3v) is 5.25. The molecule has 1 aromatic carbocycles. The van der Waals surface area contributed by atoms with Crippen LogP contribution in [0.5, 0.6) is 0 Å². The smallest absolute Gasteiger partial charge is 0.269 e. The lowest BCUT2D eigenvalue weighted by atomic mass is 10.1. The van der Waals surface area contributed by atoms with E-state index in [0.717, 1.165) is 19.6 Å². The van der Waals surface area contributed by atoms with Crippen LogP contribution in [0.1, 0.15) is 48.4 Å². The summed E-state index contributed by atoms with van der Waals surface area (Å²) in [6.07, 6.45) is 4.05. The third-order valence-electron chi connectivity index (χ3n) is 4.69. The van der Waals surface area contributed by atoms with Gasteiger partial charge in [0, 0.05) is 24.8 Å². The Morgan fingerprint density at radius 1 is 1.31 bits per heavy atom. The maximum atomic E-state index is 12.8. The molecule has 1 amide bonds. The molecule has 0 bridgehead atoms. The summed E-state index contributed by atoms with van der Waals surface area (Å²) in [6, 6.07) is 9.66. The molecule has 1 fully saturated rings. The van der Waals surface area contributed by atoms with E-state index in [2.05, 4.69) is 36.2 Å². The Balaban J connectivity index is 1.73. The fourth-order valence-electron chi connectivity index (χ4n) is 3.30. The summed E-state index contributed by atoms with van der Waals surface area (Å²) < 4.78 is 0.610. The van der Waals surface area contributed by atoms with Gasteiger partial charge in [-0.05, 0) is 65.5 Å². The molecule has 152 valence electrons. The van der Waals surface area contributed by atoms with Crippen LogP contribution in [-0.2, 0) is 6.54 Å². The highest BCUT2D eigenvalue weighted by Gasteiger charge is 2.19. The molecule has 3 rings (SSSR count). The van der Waals surface area contributed by atoms with Crippen molar-refractivity contribution < 1.29 is 4.79 Å². The summed E-state index contributed by atoms with van der Waals surface area (Å²) in [4.78, 5) is 23.5. The Bertz CT molecular complexity index is 887.